The number of methoxy groups -OCH3 is 1. The molecule has 6 heteroatoms. The number of rotatable bonds is 5. The fraction of sp³-hybridized carbons (Fsp3) is 0.333. The Hall–Kier alpha value is -1.56. The number of nitrogens with one attached hydrogen (secondary N) is 2. The maximum Gasteiger partial charge on any atom is 0.330 e. The lowest BCUT2D eigenvalue weighted by Crippen LogP contribution is -2.45. The van der Waals surface area contributed by atoms with Crippen molar-refractivity contribution >= 4 is 33.5 Å². The van der Waals surface area contributed by atoms with Gasteiger partial charge >= 0.3 is 5.97 Å². The molecule has 0 aliphatic heterocycles. The van der Waals surface area contributed by atoms with Crippen molar-refractivity contribution in [3.05, 3.63) is 28.7 Å². The molecule has 0 aliphatic carbocycles. The molecule has 0 saturated carbocycles. The number of esters is 1. The lowest BCUT2D eigenvalue weighted by molar-refractivity contribution is -0.144. The first kappa shape index (κ1) is 14.5. The van der Waals surface area contributed by atoms with Gasteiger partial charge in [-0.2, -0.15) is 0 Å². The largest absolute Gasteiger partial charge is 0.467 e. The molecule has 98 valence electrons. The minimum atomic E-state index is -0.702. The van der Waals surface area contributed by atoms with Gasteiger partial charge in [0.05, 0.1) is 7.11 Å². The predicted molar refractivity (Wildman–Crippen MR) is 72.3 cm³/mol. The zero-order chi connectivity index (χ0) is 13.5. The molecular formula is C12H15BrN2O3. The van der Waals surface area contributed by atoms with Crippen LogP contribution in [0.15, 0.2) is 28.7 Å². The van der Waals surface area contributed by atoms with E-state index < -0.39 is 12.0 Å². The average molecular weight is 315 g/mol. The SMILES string of the molecule is COC(=O)C(CNc1cccc(Br)c1)NC(C)=O. The maximum atomic E-state index is 11.4. The monoisotopic (exact) mass is 314 g/mol. The van der Waals surface area contributed by atoms with Crippen LogP contribution in [0, 0.1) is 0 Å². The molecule has 0 aliphatic rings. The molecule has 0 aromatic heterocycles. The van der Waals surface area contributed by atoms with Gasteiger partial charge in [0.25, 0.3) is 0 Å². The van der Waals surface area contributed by atoms with Gasteiger partial charge in [0.15, 0.2) is 0 Å². The quantitative estimate of drug-likeness (QED) is 0.809. The fourth-order valence-corrected chi connectivity index (χ4v) is 1.80. The van der Waals surface area contributed by atoms with Crippen molar-refractivity contribution in [3.8, 4) is 0 Å². The van der Waals surface area contributed by atoms with Crippen LogP contribution in [0.3, 0.4) is 0 Å². The fourth-order valence-electron chi connectivity index (χ4n) is 1.40. The van der Waals surface area contributed by atoms with Gasteiger partial charge in [0.2, 0.25) is 5.91 Å². The highest BCUT2D eigenvalue weighted by molar-refractivity contribution is 9.10. The van der Waals surface area contributed by atoms with Crippen molar-refractivity contribution in [2.45, 2.75) is 13.0 Å². The van der Waals surface area contributed by atoms with Crippen LogP contribution in [0.5, 0.6) is 0 Å². The average Bonchev–Trinajstić information content (AvgIpc) is 2.33. The molecular weight excluding hydrogens is 300 g/mol. The Labute approximate surface area is 114 Å². The van der Waals surface area contributed by atoms with E-state index in [0.29, 0.717) is 0 Å². The van der Waals surface area contributed by atoms with Crippen LogP contribution in [0.25, 0.3) is 0 Å². The summed E-state index contributed by atoms with van der Waals surface area (Å²) in [6.07, 6.45) is 0. The van der Waals surface area contributed by atoms with Crippen LogP contribution in [0.1, 0.15) is 6.92 Å². The molecule has 18 heavy (non-hydrogen) atoms. The van der Waals surface area contributed by atoms with Crippen molar-refractivity contribution in [1.29, 1.82) is 0 Å². The highest BCUT2D eigenvalue weighted by Crippen LogP contribution is 2.15. The number of anilines is 1. The molecule has 5 nitrogen and oxygen atoms in total. The first-order valence-electron chi connectivity index (χ1n) is 5.37. The summed E-state index contributed by atoms with van der Waals surface area (Å²) in [6, 6.07) is 6.82. The third kappa shape index (κ3) is 4.75. The zero-order valence-electron chi connectivity index (χ0n) is 10.2. The van der Waals surface area contributed by atoms with Gasteiger partial charge in [-0.15, -0.1) is 0 Å². The Morgan fingerprint density at radius 2 is 2.17 bits per heavy atom. The normalized spacial score (nSPS) is 11.5. The predicted octanol–water partition coefficient (Wildman–Crippen LogP) is 1.54. The highest BCUT2D eigenvalue weighted by Gasteiger charge is 2.19. The number of amides is 1. The van der Waals surface area contributed by atoms with Gasteiger partial charge < -0.3 is 15.4 Å². The van der Waals surface area contributed by atoms with Crippen LogP contribution in [-0.2, 0) is 14.3 Å². The molecule has 0 heterocycles. The van der Waals surface area contributed by atoms with Crippen molar-refractivity contribution in [3.63, 3.8) is 0 Å². The number of halogens is 1. The van der Waals surface area contributed by atoms with Crippen LogP contribution < -0.4 is 10.6 Å². The van der Waals surface area contributed by atoms with Crippen LogP contribution in [0.4, 0.5) is 5.69 Å². The van der Waals surface area contributed by atoms with E-state index in [1.54, 1.807) is 0 Å². The number of carbonyl (C=O) groups is 2. The number of hydrogen-bond donors (Lipinski definition) is 2. The Morgan fingerprint density at radius 3 is 2.72 bits per heavy atom. The van der Waals surface area contributed by atoms with Gasteiger partial charge in [0.1, 0.15) is 6.04 Å². The second kappa shape index (κ2) is 7.00. The number of benzene rings is 1. The molecule has 0 radical (unpaired) electrons. The lowest BCUT2D eigenvalue weighted by Gasteiger charge is -2.16. The second-order valence-corrected chi connectivity index (χ2v) is 4.58. The van der Waals surface area contributed by atoms with E-state index in [9.17, 15) is 9.59 Å². The summed E-state index contributed by atoms with van der Waals surface area (Å²) in [5, 5.41) is 5.59. The molecule has 2 N–H and O–H groups in total. The minimum Gasteiger partial charge on any atom is -0.467 e. The molecule has 1 unspecified atom stereocenters. The molecule has 1 atom stereocenters. The molecule has 0 spiro atoms. The lowest BCUT2D eigenvalue weighted by atomic mass is 10.2. The summed E-state index contributed by atoms with van der Waals surface area (Å²) < 4.78 is 5.55. The third-order valence-electron chi connectivity index (χ3n) is 2.20. The number of ether oxygens (including phenoxy) is 1. The molecule has 0 fully saturated rings. The summed E-state index contributed by atoms with van der Waals surface area (Å²) in [5.41, 5.74) is 0.851. The second-order valence-electron chi connectivity index (χ2n) is 3.67. The molecule has 1 aromatic carbocycles. The van der Waals surface area contributed by atoms with Crippen molar-refractivity contribution in [1.82, 2.24) is 5.32 Å². The minimum absolute atomic E-state index is 0.267. The van der Waals surface area contributed by atoms with E-state index in [0.717, 1.165) is 10.2 Å². The topological polar surface area (TPSA) is 67.4 Å². The van der Waals surface area contributed by atoms with E-state index in [1.807, 2.05) is 24.3 Å². The van der Waals surface area contributed by atoms with E-state index >= 15 is 0 Å². The van der Waals surface area contributed by atoms with Crippen molar-refractivity contribution in [2.24, 2.45) is 0 Å². The highest BCUT2D eigenvalue weighted by atomic mass is 79.9. The molecule has 0 saturated heterocycles. The van der Waals surface area contributed by atoms with E-state index in [-0.39, 0.29) is 12.5 Å². The summed E-state index contributed by atoms with van der Waals surface area (Å²) in [6.45, 7) is 1.62. The summed E-state index contributed by atoms with van der Waals surface area (Å²) in [4.78, 5) is 22.4. The smallest absolute Gasteiger partial charge is 0.330 e. The Kier molecular flexibility index (Phi) is 5.64. The molecule has 1 aromatic rings. The van der Waals surface area contributed by atoms with E-state index in [1.165, 1.54) is 14.0 Å². The Morgan fingerprint density at radius 1 is 1.44 bits per heavy atom. The van der Waals surface area contributed by atoms with Gasteiger partial charge in [-0.05, 0) is 18.2 Å². The van der Waals surface area contributed by atoms with Gasteiger partial charge in [-0.1, -0.05) is 22.0 Å². The number of carbonyl (C=O) groups excluding carboxylic acids is 2. The van der Waals surface area contributed by atoms with E-state index in [2.05, 4.69) is 31.3 Å². The van der Waals surface area contributed by atoms with Gasteiger partial charge in [-0.3, -0.25) is 4.79 Å². The molecule has 1 rings (SSSR count). The van der Waals surface area contributed by atoms with Crippen LogP contribution in [0.2, 0.25) is 0 Å². The maximum absolute atomic E-state index is 11.4. The van der Waals surface area contributed by atoms with E-state index in [4.69, 9.17) is 0 Å². The van der Waals surface area contributed by atoms with Gasteiger partial charge in [-0.25, -0.2) is 4.79 Å². The Bertz CT molecular complexity index is 437. The Balaban J connectivity index is 2.61. The molecule has 1 amide bonds. The zero-order valence-corrected chi connectivity index (χ0v) is 11.8. The summed E-state index contributed by atoms with van der Waals surface area (Å²) >= 11 is 3.35. The van der Waals surface area contributed by atoms with Gasteiger partial charge in [0, 0.05) is 23.6 Å². The number of hydrogen-bond acceptors (Lipinski definition) is 4. The van der Waals surface area contributed by atoms with Crippen molar-refractivity contribution < 1.29 is 14.3 Å². The summed E-state index contributed by atoms with van der Waals surface area (Å²) in [7, 11) is 1.29. The first-order valence-corrected chi connectivity index (χ1v) is 6.16. The first-order chi connectivity index (χ1) is 8.52. The molecule has 0 bridgehead atoms. The summed E-state index contributed by atoms with van der Waals surface area (Å²) in [5.74, 6) is -0.755. The van der Waals surface area contributed by atoms with Crippen molar-refractivity contribution in [2.75, 3.05) is 19.0 Å². The standard InChI is InChI=1S/C12H15BrN2O3/c1-8(16)15-11(12(17)18-2)7-14-10-5-3-4-9(13)6-10/h3-6,11,14H,7H2,1-2H3,(H,15,16). The van der Waals surface area contributed by atoms with Crippen LogP contribution >= 0.6 is 15.9 Å². The third-order valence-corrected chi connectivity index (χ3v) is 2.69. The van der Waals surface area contributed by atoms with Crippen LogP contribution in [-0.4, -0.2) is 31.6 Å².